The minimum Gasteiger partial charge on any atom is -0.355 e. The van der Waals surface area contributed by atoms with Gasteiger partial charge < -0.3 is 10.2 Å². The van der Waals surface area contributed by atoms with Crippen LogP contribution in [0.1, 0.15) is 29.2 Å². The molecule has 0 spiro atoms. The zero-order chi connectivity index (χ0) is 32.7. The lowest BCUT2D eigenvalue weighted by Gasteiger charge is -2.34. The van der Waals surface area contributed by atoms with E-state index < -0.39 is 28.5 Å². The van der Waals surface area contributed by atoms with E-state index in [9.17, 15) is 18.0 Å². The van der Waals surface area contributed by atoms with E-state index in [4.69, 9.17) is 34.8 Å². The van der Waals surface area contributed by atoms with Crippen LogP contribution in [0.15, 0.2) is 95.9 Å². The van der Waals surface area contributed by atoms with Crippen LogP contribution in [-0.4, -0.2) is 44.3 Å². The first-order chi connectivity index (χ1) is 21.4. The maximum atomic E-state index is 14.5. The molecule has 0 aromatic heterocycles. The average Bonchev–Trinajstić information content (AvgIpc) is 3.01. The first kappa shape index (κ1) is 34.3. The number of hydrogen-bond acceptors (Lipinski definition) is 4. The Labute approximate surface area is 279 Å². The van der Waals surface area contributed by atoms with Crippen molar-refractivity contribution in [1.82, 2.24) is 10.2 Å². The first-order valence-electron chi connectivity index (χ1n) is 14.3. The van der Waals surface area contributed by atoms with Crippen LogP contribution in [0, 0.1) is 13.8 Å². The Hall–Kier alpha value is -3.56. The minimum atomic E-state index is -4.25. The number of halogens is 3. The molecule has 0 fully saturated rings. The van der Waals surface area contributed by atoms with Crippen molar-refractivity contribution in [2.45, 2.75) is 44.7 Å². The molecule has 236 valence electrons. The summed E-state index contributed by atoms with van der Waals surface area (Å²) in [6.07, 6.45) is 0.195. The molecule has 0 heterocycles. The number of carbonyl (C=O) groups excluding carboxylic acids is 2. The van der Waals surface area contributed by atoms with Gasteiger partial charge in [0.25, 0.3) is 10.0 Å². The summed E-state index contributed by atoms with van der Waals surface area (Å²) in [6, 6.07) is 24.6. The van der Waals surface area contributed by atoms with Crippen molar-refractivity contribution >= 4 is 62.3 Å². The second-order valence-corrected chi connectivity index (χ2v) is 13.7. The molecule has 0 aliphatic carbocycles. The van der Waals surface area contributed by atoms with Crippen LogP contribution >= 0.6 is 34.8 Å². The number of hydrogen-bond donors (Lipinski definition) is 1. The second-order valence-electron chi connectivity index (χ2n) is 10.6. The van der Waals surface area contributed by atoms with E-state index in [2.05, 4.69) is 5.32 Å². The summed E-state index contributed by atoms with van der Waals surface area (Å²) in [5, 5.41) is 3.78. The molecular formula is C34H34Cl3N3O4S. The third kappa shape index (κ3) is 8.58. The molecule has 7 nitrogen and oxygen atoms in total. The molecule has 0 saturated heterocycles. The molecule has 2 amide bonds. The van der Waals surface area contributed by atoms with Gasteiger partial charge in [0.15, 0.2) is 0 Å². The number of likely N-dealkylation sites (N-methyl/N-ethyl adjacent to an activating group) is 1. The summed E-state index contributed by atoms with van der Waals surface area (Å²) in [4.78, 5) is 29.5. The van der Waals surface area contributed by atoms with Crippen LogP contribution in [0.2, 0.25) is 15.1 Å². The molecule has 0 saturated carbocycles. The number of anilines is 1. The summed E-state index contributed by atoms with van der Waals surface area (Å²) in [7, 11) is -4.25. The van der Waals surface area contributed by atoms with Crippen molar-refractivity contribution in [3.8, 4) is 0 Å². The fraction of sp³-hybridized carbons (Fsp3) is 0.235. The van der Waals surface area contributed by atoms with Crippen molar-refractivity contribution in [2.24, 2.45) is 0 Å². The molecule has 0 radical (unpaired) electrons. The molecule has 11 heteroatoms. The van der Waals surface area contributed by atoms with Gasteiger partial charge in [0, 0.05) is 24.5 Å². The van der Waals surface area contributed by atoms with E-state index in [0.717, 1.165) is 15.4 Å². The van der Waals surface area contributed by atoms with E-state index in [0.29, 0.717) is 27.7 Å². The average molecular weight is 687 g/mol. The van der Waals surface area contributed by atoms with Crippen molar-refractivity contribution in [2.75, 3.05) is 17.4 Å². The molecule has 1 N–H and O–H groups in total. The van der Waals surface area contributed by atoms with Gasteiger partial charge in [-0.1, -0.05) is 95.0 Å². The van der Waals surface area contributed by atoms with E-state index in [1.807, 2.05) is 37.3 Å². The van der Waals surface area contributed by atoms with E-state index in [1.54, 1.807) is 56.3 Å². The number of benzene rings is 4. The van der Waals surface area contributed by atoms with Gasteiger partial charge in [-0.25, -0.2) is 8.42 Å². The predicted octanol–water partition coefficient (Wildman–Crippen LogP) is 7.24. The zero-order valence-electron chi connectivity index (χ0n) is 25.1. The van der Waals surface area contributed by atoms with Gasteiger partial charge >= 0.3 is 0 Å². The molecule has 4 rings (SSSR count). The Morgan fingerprint density at radius 1 is 0.822 bits per heavy atom. The first-order valence-corrected chi connectivity index (χ1v) is 16.9. The van der Waals surface area contributed by atoms with Crippen LogP contribution < -0.4 is 9.62 Å². The topological polar surface area (TPSA) is 86.8 Å². The zero-order valence-corrected chi connectivity index (χ0v) is 28.2. The molecule has 0 bridgehead atoms. The van der Waals surface area contributed by atoms with Crippen molar-refractivity contribution in [1.29, 1.82) is 0 Å². The molecule has 0 aliphatic rings. The van der Waals surface area contributed by atoms with Crippen LogP contribution in [0.25, 0.3) is 0 Å². The maximum Gasteiger partial charge on any atom is 0.264 e. The summed E-state index contributed by atoms with van der Waals surface area (Å²) in [5.74, 6) is -0.968. The van der Waals surface area contributed by atoms with Crippen molar-refractivity contribution in [3.05, 3.63) is 128 Å². The normalized spacial score (nSPS) is 12.0. The third-order valence-electron chi connectivity index (χ3n) is 7.29. The Morgan fingerprint density at radius 2 is 1.51 bits per heavy atom. The Morgan fingerprint density at radius 3 is 2.16 bits per heavy atom. The van der Waals surface area contributed by atoms with Gasteiger partial charge in [-0.15, -0.1) is 0 Å². The largest absolute Gasteiger partial charge is 0.355 e. The molecular weight excluding hydrogens is 653 g/mol. The van der Waals surface area contributed by atoms with Crippen LogP contribution in [0.3, 0.4) is 0 Å². The van der Waals surface area contributed by atoms with E-state index >= 15 is 0 Å². The number of nitrogens with zero attached hydrogens (tertiary/aromatic N) is 2. The molecule has 0 aliphatic heterocycles. The smallest absolute Gasteiger partial charge is 0.264 e. The Balaban J connectivity index is 1.84. The highest BCUT2D eigenvalue weighted by molar-refractivity contribution is 7.92. The lowest BCUT2D eigenvalue weighted by atomic mass is 10.0. The number of carbonyl (C=O) groups is 2. The van der Waals surface area contributed by atoms with Gasteiger partial charge in [-0.05, 0) is 73.9 Å². The molecule has 4 aromatic carbocycles. The Kier molecular flexibility index (Phi) is 11.6. The third-order valence-corrected chi connectivity index (χ3v) is 10.0. The van der Waals surface area contributed by atoms with Gasteiger partial charge in [-0.3, -0.25) is 13.9 Å². The summed E-state index contributed by atoms with van der Waals surface area (Å²) >= 11 is 18.8. The summed E-state index contributed by atoms with van der Waals surface area (Å²) < 4.78 is 29.5. The number of aryl methyl sites for hydroxylation is 2. The standard InChI is InChI=1S/C34H34Cl3N3O4S/c1-4-38-34(42)32(19-25-8-6-5-7-9-25)39(21-26-13-17-29(36)30(37)18-26)33(41)22-40(31-20-27(35)14-12-24(31)3)45(43,44)28-15-10-23(2)11-16-28/h5-18,20,32H,4,19,21-22H2,1-3H3,(H,38,42)/t32-/m0/s1. The Bertz CT molecular complexity index is 1770. The van der Waals surface area contributed by atoms with Crippen molar-refractivity contribution in [3.63, 3.8) is 0 Å². The quantitative estimate of drug-likeness (QED) is 0.170. The SMILES string of the molecule is CCNC(=O)[C@H](Cc1ccccc1)N(Cc1ccc(Cl)c(Cl)c1)C(=O)CN(c1cc(Cl)ccc1C)S(=O)(=O)c1ccc(C)cc1. The lowest BCUT2D eigenvalue weighted by molar-refractivity contribution is -0.140. The van der Waals surface area contributed by atoms with Gasteiger partial charge in [-0.2, -0.15) is 0 Å². The van der Waals surface area contributed by atoms with Crippen LogP contribution in [-0.2, 0) is 32.6 Å². The highest BCUT2D eigenvalue weighted by Gasteiger charge is 2.35. The molecule has 0 unspecified atom stereocenters. The van der Waals surface area contributed by atoms with Gasteiger partial charge in [0.05, 0.1) is 20.6 Å². The van der Waals surface area contributed by atoms with Crippen molar-refractivity contribution < 1.29 is 18.0 Å². The molecule has 4 aromatic rings. The highest BCUT2D eigenvalue weighted by atomic mass is 35.5. The van der Waals surface area contributed by atoms with E-state index in [-0.39, 0.29) is 34.5 Å². The lowest BCUT2D eigenvalue weighted by Crippen LogP contribution is -2.53. The minimum absolute atomic E-state index is 0.0147. The second kappa shape index (κ2) is 15.1. The van der Waals surface area contributed by atoms with Crippen LogP contribution in [0.5, 0.6) is 0 Å². The fourth-order valence-electron chi connectivity index (χ4n) is 4.88. The molecule has 45 heavy (non-hydrogen) atoms. The van der Waals surface area contributed by atoms with Gasteiger partial charge in [0.2, 0.25) is 11.8 Å². The maximum absolute atomic E-state index is 14.5. The van der Waals surface area contributed by atoms with Crippen LogP contribution in [0.4, 0.5) is 5.69 Å². The fourth-order valence-corrected chi connectivity index (χ4v) is 6.84. The van der Waals surface area contributed by atoms with E-state index in [1.165, 1.54) is 23.1 Å². The van der Waals surface area contributed by atoms with Gasteiger partial charge in [0.1, 0.15) is 12.6 Å². The highest BCUT2D eigenvalue weighted by Crippen LogP contribution is 2.31. The number of sulfonamides is 1. The number of rotatable bonds is 12. The number of amides is 2. The monoisotopic (exact) mass is 685 g/mol. The summed E-state index contributed by atoms with van der Waals surface area (Å²) in [5.41, 5.74) is 3.18. The number of nitrogens with one attached hydrogen (secondary N) is 1. The predicted molar refractivity (Wildman–Crippen MR) is 182 cm³/mol. The summed E-state index contributed by atoms with van der Waals surface area (Å²) in [6.45, 7) is 5.11. The molecule has 1 atom stereocenters.